The lowest BCUT2D eigenvalue weighted by Gasteiger charge is -2.40. The molecule has 27 heavy (non-hydrogen) atoms. The SMILES string of the molecule is Cc1nnc2ccc(N3CC(CNc4cc5c(nn4)CCC(C)C5)C3)nn12. The molecule has 0 spiro atoms. The average molecular weight is 364 g/mol. The molecule has 1 saturated heterocycles. The van der Waals surface area contributed by atoms with Crippen LogP contribution in [0.2, 0.25) is 0 Å². The Hall–Kier alpha value is -2.77. The van der Waals surface area contributed by atoms with Gasteiger partial charge in [0.05, 0.1) is 5.69 Å². The van der Waals surface area contributed by atoms with Crippen LogP contribution in [0.3, 0.4) is 0 Å². The van der Waals surface area contributed by atoms with Crippen molar-refractivity contribution < 1.29 is 0 Å². The molecule has 8 nitrogen and oxygen atoms in total. The summed E-state index contributed by atoms with van der Waals surface area (Å²) in [6.07, 6.45) is 3.40. The highest BCUT2D eigenvalue weighted by molar-refractivity contribution is 5.48. The first-order chi connectivity index (χ1) is 13.2. The maximum absolute atomic E-state index is 4.64. The number of nitrogens with one attached hydrogen (secondary N) is 1. The summed E-state index contributed by atoms with van der Waals surface area (Å²) in [5.41, 5.74) is 3.33. The van der Waals surface area contributed by atoms with Crippen LogP contribution >= 0.6 is 0 Å². The van der Waals surface area contributed by atoms with Crippen molar-refractivity contribution >= 4 is 17.3 Å². The fourth-order valence-corrected chi connectivity index (χ4v) is 3.98. The second-order valence-electron chi connectivity index (χ2n) is 7.91. The van der Waals surface area contributed by atoms with E-state index in [-0.39, 0.29) is 0 Å². The molecule has 1 fully saturated rings. The highest BCUT2D eigenvalue weighted by atomic mass is 15.4. The average Bonchev–Trinajstić information content (AvgIpc) is 3.01. The zero-order valence-electron chi connectivity index (χ0n) is 15.8. The van der Waals surface area contributed by atoms with Crippen molar-refractivity contribution in [1.82, 2.24) is 30.0 Å². The molecule has 140 valence electrons. The van der Waals surface area contributed by atoms with Crippen LogP contribution in [-0.2, 0) is 12.8 Å². The maximum atomic E-state index is 4.64. The van der Waals surface area contributed by atoms with Crippen LogP contribution in [0.15, 0.2) is 18.2 Å². The standard InChI is InChI=1S/C19H24N8/c1-12-3-4-16-15(7-12)8-17(23-22-16)20-9-14-10-26(11-14)19-6-5-18-24-21-13(2)27(18)25-19/h5-6,8,12,14H,3-4,7,9-11H2,1-2H3,(H,20,23). The van der Waals surface area contributed by atoms with Crippen LogP contribution in [0.1, 0.15) is 30.4 Å². The summed E-state index contributed by atoms with van der Waals surface area (Å²) in [4.78, 5) is 2.28. The van der Waals surface area contributed by atoms with Crippen molar-refractivity contribution in [1.29, 1.82) is 0 Å². The third-order valence-corrected chi connectivity index (χ3v) is 5.66. The molecular formula is C19H24N8. The Kier molecular flexibility index (Phi) is 3.91. The van der Waals surface area contributed by atoms with Crippen LogP contribution < -0.4 is 10.2 Å². The minimum absolute atomic E-state index is 0.585. The first-order valence-corrected chi connectivity index (χ1v) is 9.69. The zero-order chi connectivity index (χ0) is 18.4. The number of rotatable bonds is 4. The topological polar surface area (TPSA) is 84.1 Å². The van der Waals surface area contributed by atoms with E-state index in [1.807, 2.05) is 19.1 Å². The Morgan fingerprint density at radius 2 is 2.04 bits per heavy atom. The van der Waals surface area contributed by atoms with E-state index in [4.69, 9.17) is 0 Å². The molecule has 8 heteroatoms. The Bertz CT molecular complexity index is 975. The molecule has 3 aromatic rings. The van der Waals surface area contributed by atoms with E-state index >= 15 is 0 Å². The van der Waals surface area contributed by atoms with Crippen LogP contribution in [0.25, 0.3) is 5.65 Å². The van der Waals surface area contributed by atoms with Gasteiger partial charge in [-0.05, 0) is 55.9 Å². The first-order valence-electron chi connectivity index (χ1n) is 9.69. The number of hydrogen-bond acceptors (Lipinski definition) is 7. The fourth-order valence-electron chi connectivity index (χ4n) is 3.98. The normalized spacial score (nSPS) is 19.8. The quantitative estimate of drug-likeness (QED) is 0.757. The highest BCUT2D eigenvalue weighted by Gasteiger charge is 2.28. The van der Waals surface area contributed by atoms with Gasteiger partial charge < -0.3 is 10.2 Å². The number of fused-ring (bicyclic) bond motifs is 2. The van der Waals surface area contributed by atoms with Gasteiger partial charge in [0, 0.05) is 25.6 Å². The van der Waals surface area contributed by atoms with Gasteiger partial charge in [0.2, 0.25) is 0 Å². The minimum Gasteiger partial charge on any atom is -0.368 e. The van der Waals surface area contributed by atoms with Gasteiger partial charge in [-0.1, -0.05) is 6.92 Å². The Labute approximate surface area is 158 Å². The van der Waals surface area contributed by atoms with Crippen LogP contribution in [0.4, 0.5) is 11.6 Å². The molecule has 1 atom stereocenters. The third kappa shape index (κ3) is 3.09. The van der Waals surface area contributed by atoms with Crippen molar-refractivity contribution in [2.75, 3.05) is 29.9 Å². The molecule has 3 aromatic heterocycles. The molecular weight excluding hydrogens is 340 g/mol. The largest absolute Gasteiger partial charge is 0.368 e. The molecule has 1 N–H and O–H groups in total. The lowest BCUT2D eigenvalue weighted by molar-refractivity contribution is 0.424. The third-order valence-electron chi connectivity index (χ3n) is 5.66. The Balaban J connectivity index is 1.18. The van der Waals surface area contributed by atoms with Crippen molar-refractivity contribution in [3.63, 3.8) is 0 Å². The summed E-state index contributed by atoms with van der Waals surface area (Å²) in [7, 11) is 0. The summed E-state index contributed by atoms with van der Waals surface area (Å²) in [6.45, 7) is 7.11. The van der Waals surface area contributed by atoms with Gasteiger partial charge in [0.25, 0.3) is 0 Å². The van der Waals surface area contributed by atoms with Crippen molar-refractivity contribution in [2.45, 2.75) is 33.1 Å². The van der Waals surface area contributed by atoms with Crippen LogP contribution in [0.5, 0.6) is 0 Å². The highest BCUT2D eigenvalue weighted by Crippen LogP contribution is 2.26. The van der Waals surface area contributed by atoms with Crippen molar-refractivity contribution in [2.24, 2.45) is 11.8 Å². The second-order valence-corrected chi connectivity index (χ2v) is 7.91. The number of anilines is 2. The molecule has 1 aliphatic heterocycles. The van der Waals surface area contributed by atoms with E-state index in [9.17, 15) is 0 Å². The van der Waals surface area contributed by atoms with E-state index in [1.54, 1.807) is 4.52 Å². The minimum atomic E-state index is 0.585. The molecule has 5 rings (SSSR count). The van der Waals surface area contributed by atoms with Crippen LogP contribution in [0, 0.1) is 18.8 Å². The molecule has 0 aromatic carbocycles. The van der Waals surface area contributed by atoms with E-state index in [0.29, 0.717) is 5.92 Å². The number of aromatic nitrogens is 6. The molecule has 0 radical (unpaired) electrons. The zero-order valence-corrected chi connectivity index (χ0v) is 15.8. The van der Waals surface area contributed by atoms with Crippen LogP contribution in [-0.4, -0.2) is 49.6 Å². The van der Waals surface area contributed by atoms with E-state index < -0.39 is 0 Å². The predicted molar refractivity (Wildman–Crippen MR) is 103 cm³/mol. The van der Waals surface area contributed by atoms with Gasteiger partial charge in [-0.15, -0.1) is 20.4 Å². The van der Waals surface area contributed by atoms with E-state index in [1.165, 1.54) is 17.7 Å². The summed E-state index contributed by atoms with van der Waals surface area (Å²) in [5.74, 6) is 4.02. The number of nitrogens with zero attached hydrogens (tertiary/aromatic N) is 7. The lowest BCUT2D eigenvalue weighted by atomic mass is 9.88. The van der Waals surface area contributed by atoms with Gasteiger partial charge in [0.15, 0.2) is 11.5 Å². The number of aryl methyl sites for hydroxylation is 2. The molecule has 2 aliphatic rings. The van der Waals surface area contributed by atoms with Gasteiger partial charge >= 0.3 is 0 Å². The number of hydrogen-bond donors (Lipinski definition) is 1. The monoisotopic (exact) mass is 364 g/mol. The Morgan fingerprint density at radius 3 is 2.93 bits per heavy atom. The first kappa shape index (κ1) is 16.4. The molecule has 0 bridgehead atoms. The predicted octanol–water partition coefficient (Wildman–Crippen LogP) is 1.90. The maximum Gasteiger partial charge on any atom is 0.178 e. The summed E-state index contributed by atoms with van der Waals surface area (Å²) < 4.78 is 1.80. The smallest absolute Gasteiger partial charge is 0.178 e. The van der Waals surface area contributed by atoms with Crippen molar-refractivity contribution in [3.05, 3.63) is 35.3 Å². The van der Waals surface area contributed by atoms with Gasteiger partial charge in [-0.25, -0.2) is 0 Å². The summed E-state index contributed by atoms with van der Waals surface area (Å²) in [6, 6.07) is 6.18. The molecule has 0 saturated carbocycles. The lowest BCUT2D eigenvalue weighted by Crippen LogP contribution is -2.50. The van der Waals surface area contributed by atoms with E-state index in [0.717, 1.165) is 61.5 Å². The van der Waals surface area contributed by atoms with Gasteiger partial charge in [0.1, 0.15) is 11.6 Å². The summed E-state index contributed by atoms with van der Waals surface area (Å²) >= 11 is 0. The second kappa shape index (κ2) is 6.44. The molecule has 1 unspecified atom stereocenters. The summed E-state index contributed by atoms with van der Waals surface area (Å²) in [5, 5.41) is 25.0. The van der Waals surface area contributed by atoms with Crippen molar-refractivity contribution in [3.8, 4) is 0 Å². The van der Waals surface area contributed by atoms with Gasteiger partial charge in [-0.2, -0.15) is 9.61 Å². The molecule has 4 heterocycles. The Morgan fingerprint density at radius 1 is 1.15 bits per heavy atom. The molecule has 1 aliphatic carbocycles. The van der Waals surface area contributed by atoms with E-state index in [2.05, 4.69) is 48.7 Å². The van der Waals surface area contributed by atoms with Gasteiger partial charge in [-0.3, -0.25) is 0 Å². The molecule has 0 amide bonds. The fraction of sp³-hybridized carbons (Fsp3) is 0.526.